The van der Waals surface area contributed by atoms with Crippen molar-refractivity contribution in [1.82, 2.24) is 9.88 Å². The van der Waals surface area contributed by atoms with Crippen molar-refractivity contribution in [3.8, 4) is 0 Å². The molecule has 0 fully saturated rings. The number of nitrogens with two attached hydrogens (primary N) is 1. The van der Waals surface area contributed by atoms with Gasteiger partial charge >= 0.3 is 0 Å². The van der Waals surface area contributed by atoms with E-state index in [9.17, 15) is 4.79 Å². The number of nitrogens with zero attached hydrogens (tertiary/aromatic N) is 2. The van der Waals surface area contributed by atoms with Crippen molar-refractivity contribution in [2.45, 2.75) is 32.5 Å². The molecule has 0 saturated heterocycles. The molecular formula is C17H21N3O. The maximum Gasteiger partial charge on any atom is 0.244 e. The number of pyridine rings is 1. The summed E-state index contributed by atoms with van der Waals surface area (Å²) in [4.78, 5) is 18.5. The quantitative estimate of drug-likeness (QED) is 0.917. The Morgan fingerprint density at radius 1 is 1.19 bits per heavy atom. The molecule has 1 atom stereocenters. The van der Waals surface area contributed by atoms with Crippen molar-refractivity contribution < 1.29 is 4.79 Å². The first-order valence-corrected chi connectivity index (χ1v) is 7.09. The molecule has 1 amide bonds. The minimum absolute atomic E-state index is 0.0694. The second-order valence-electron chi connectivity index (χ2n) is 5.31. The van der Waals surface area contributed by atoms with Crippen molar-refractivity contribution in [3.63, 3.8) is 0 Å². The lowest BCUT2D eigenvalue weighted by Crippen LogP contribution is -2.42. The maximum absolute atomic E-state index is 12.7. The normalized spacial score (nSPS) is 12.2. The second-order valence-corrected chi connectivity index (χ2v) is 5.31. The molecule has 110 valence electrons. The molecule has 0 bridgehead atoms. The molecule has 0 spiro atoms. The van der Waals surface area contributed by atoms with E-state index in [4.69, 9.17) is 5.73 Å². The van der Waals surface area contributed by atoms with E-state index >= 15 is 0 Å². The van der Waals surface area contributed by atoms with Crippen LogP contribution in [0.25, 0.3) is 0 Å². The summed E-state index contributed by atoms with van der Waals surface area (Å²) >= 11 is 0. The zero-order chi connectivity index (χ0) is 15.2. The molecule has 1 aromatic carbocycles. The average molecular weight is 283 g/mol. The van der Waals surface area contributed by atoms with Gasteiger partial charge in [-0.2, -0.15) is 0 Å². The van der Waals surface area contributed by atoms with Gasteiger partial charge < -0.3 is 10.6 Å². The van der Waals surface area contributed by atoms with Crippen molar-refractivity contribution in [2.24, 2.45) is 5.73 Å². The van der Waals surface area contributed by atoms with E-state index in [-0.39, 0.29) is 11.9 Å². The zero-order valence-corrected chi connectivity index (χ0v) is 12.4. The van der Waals surface area contributed by atoms with Gasteiger partial charge in [-0.15, -0.1) is 0 Å². The number of aromatic nitrogens is 1. The van der Waals surface area contributed by atoms with Crippen LogP contribution < -0.4 is 5.73 Å². The Balaban J connectivity index is 2.16. The lowest BCUT2D eigenvalue weighted by molar-refractivity contribution is -0.135. The molecule has 1 aromatic heterocycles. The highest BCUT2D eigenvalue weighted by molar-refractivity contribution is 5.83. The first-order valence-electron chi connectivity index (χ1n) is 7.09. The Labute approximate surface area is 125 Å². The van der Waals surface area contributed by atoms with Gasteiger partial charge in [-0.05, 0) is 31.0 Å². The molecule has 1 unspecified atom stereocenters. The molecule has 2 N–H and O–H groups in total. The van der Waals surface area contributed by atoms with E-state index in [2.05, 4.69) is 4.98 Å². The monoisotopic (exact) mass is 283 g/mol. The summed E-state index contributed by atoms with van der Waals surface area (Å²) in [6.45, 7) is 4.50. The summed E-state index contributed by atoms with van der Waals surface area (Å²) in [6, 6.07) is 12.7. The molecule has 0 saturated carbocycles. The number of rotatable bonds is 5. The maximum atomic E-state index is 12.7. The highest BCUT2D eigenvalue weighted by Gasteiger charge is 2.24. The Morgan fingerprint density at radius 3 is 2.48 bits per heavy atom. The molecule has 0 radical (unpaired) electrons. The van der Waals surface area contributed by atoms with E-state index in [1.807, 2.05) is 56.3 Å². The number of hydrogen-bond donors (Lipinski definition) is 1. The van der Waals surface area contributed by atoms with Crippen LogP contribution in [-0.2, 0) is 11.3 Å². The Kier molecular flexibility index (Phi) is 5.06. The molecule has 0 aliphatic carbocycles. The van der Waals surface area contributed by atoms with Crippen LogP contribution in [0.5, 0.6) is 0 Å². The second kappa shape index (κ2) is 6.99. The third-order valence-corrected chi connectivity index (χ3v) is 3.41. The summed E-state index contributed by atoms with van der Waals surface area (Å²) < 4.78 is 0. The molecule has 0 aliphatic rings. The summed E-state index contributed by atoms with van der Waals surface area (Å²) in [5, 5.41) is 0. The smallest absolute Gasteiger partial charge is 0.244 e. The van der Waals surface area contributed by atoms with Crippen molar-refractivity contribution in [2.75, 3.05) is 0 Å². The van der Waals surface area contributed by atoms with Gasteiger partial charge in [0, 0.05) is 25.0 Å². The Bertz CT molecular complexity index is 569. The van der Waals surface area contributed by atoms with Crippen LogP contribution in [0, 0.1) is 0 Å². The summed E-state index contributed by atoms with van der Waals surface area (Å²) in [5.74, 6) is -0.0694. The Hall–Kier alpha value is -2.20. The molecule has 21 heavy (non-hydrogen) atoms. The molecule has 2 rings (SSSR count). The van der Waals surface area contributed by atoms with Crippen LogP contribution in [0.3, 0.4) is 0 Å². The minimum Gasteiger partial charge on any atom is -0.334 e. The number of amides is 1. The van der Waals surface area contributed by atoms with Gasteiger partial charge in [0.1, 0.15) is 6.04 Å². The third kappa shape index (κ3) is 3.89. The molecule has 4 heteroatoms. The minimum atomic E-state index is -0.634. The topological polar surface area (TPSA) is 59.2 Å². The SMILES string of the molecule is CC(C)N(Cc1cccnc1)C(=O)C(N)c1ccccc1. The molecule has 2 aromatic rings. The summed E-state index contributed by atoms with van der Waals surface area (Å²) in [7, 11) is 0. The lowest BCUT2D eigenvalue weighted by Gasteiger charge is -2.29. The fourth-order valence-corrected chi connectivity index (χ4v) is 2.18. The first kappa shape index (κ1) is 15.2. The van der Waals surface area contributed by atoms with Crippen LogP contribution in [0.2, 0.25) is 0 Å². The van der Waals surface area contributed by atoms with E-state index in [1.165, 1.54) is 0 Å². The van der Waals surface area contributed by atoms with Gasteiger partial charge in [-0.1, -0.05) is 36.4 Å². The highest BCUT2D eigenvalue weighted by atomic mass is 16.2. The predicted octanol–water partition coefficient (Wildman–Crippen LogP) is 2.52. The van der Waals surface area contributed by atoms with Gasteiger partial charge in [0.05, 0.1) is 0 Å². The van der Waals surface area contributed by atoms with E-state index in [0.717, 1.165) is 11.1 Å². The van der Waals surface area contributed by atoms with Crippen LogP contribution in [0.4, 0.5) is 0 Å². The molecule has 1 heterocycles. The largest absolute Gasteiger partial charge is 0.334 e. The number of carbonyl (C=O) groups excluding carboxylic acids is 1. The third-order valence-electron chi connectivity index (χ3n) is 3.41. The van der Waals surface area contributed by atoms with E-state index in [1.54, 1.807) is 17.3 Å². The van der Waals surface area contributed by atoms with Crippen molar-refractivity contribution in [3.05, 3.63) is 66.0 Å². The number of benzene rings is 1. The van der Waals surface area contributed by atoms with E-state index < -0.39 is 6.04 Å². The van der Waals surface area contributed by atoms with Crippen LogP contribution in [0.15, 0.2) is 54.9 Å². The average Bonchev–Trinajstić information content (AvgIpc) is 2.53. The van der Waals surface area contributed by atoms with Gasteiger partial charge in [0.15, 0.2) is 0 Å². The number of hydrogen-bond acceptors (Lipinski definition) is 3. The fourth-order valence-electron chi connectivity index (χ4n) is 2.18. The zero-order valence-electron chi connectivity index (χ0n) is 12.4. The standard InChI is InChI=1S/C17H21N3O/c1-13(2)20(12-14-7-6-10-19-11-14)17(21)16(18)15-8-4-3-5-9-15/h3-11,13,16H,12,18H2,1-2H3. The summed E-state index contributed by atoms with van der Waals surface area (Å²) in [6.07, 6.45) is 3.50. The number of carbonyl (C=O) groups is 1. The van der Waals surface area contributed by atoms with Gasteiger partial charge in [-0.25, -0.2) is 0 Å². The Morgan fingerprint density at radius 2 is 1.90 bits per heavy atom. The van der Waals surface area contributed by atoms with Crippen LogP contribution in [-0.4, -0.2) is 21.8 Å². The summed E-state index contributed by atoms with van der Waals surface area (Å²) in [5.41, 5.74) is 7.96. The fraction of sp³-hybridized carbons (Fsp3) is 0.294. The van der Waals surface area contributed by atoms with E-state index in [0.29, 0.717) is 6.54 Å². The lowest BCUT2D eigenvalue weighted by atomic mass is 10.1. The van der Waals surface area contributed by atoms with Gasteiger partial charge in [0.25, 0.3) is 0 Å². The van der Waals surface area contributed by atoms with Crippen molar-refractivity contribution in [1.29, 1.82) is 0 Å². The predicted molar refractivity (Wildman–Crippen MR) is 83.3 cm³/mol. The molecule has 0 aliphatic heterocycles. The van der Waals surface area contributed by atoms with Gasteiger partial charge in [0.2, 0.25) is 5.91 Å². The van der Waals surface area contributed by atoms with Crippen LogP contribution in [0.1, 0.15) is 31.0 Å². The van der Waals surface area contributed by atoms with Gasteiger partial charge in [-0.3, -0.25) is 9.78 Å². The first-order chi connectivity index (χ1) is 10.1. The highest BCUT2D eigenvalue weighted by Crippen LogP contribution is 2.17. The van der Waals surface area contributed by atoms with Crippen LogP contribution >= 0.6 is 0 Å². The molecular weight excluding hydrogens is 262 g/mol. The van der Waals surface area contributed by atoms with Crippen molar-refractivity contribution >= 4 is 5.91 Å². The molecule has 4 nitrogen and oxygen atoms in total.